The average Bonchev–Trinajstić information content (AvgIpc) is 2.82. The van der Waals surface area contributed by atoms with Crippen LogP contribution in [0.4, 0.5) is 0 Å². The molecule has 0 spiro atoms. The van der Waals surface area contributed by atoms with Crippen LogP contribution >= 0.6 is 0 Å². The highest BCUT2D eigenvalue weighted by atomic mass is 16.2. The molecule has 6 heteroatoms. The maximum Gasteiger partial charge on any atom is 0.345 e. The molecule has 2 rings (SSSR count). The van der Waals surface area contributed by atoms with Gasteiger partial charge in [-0.1, -0.05) is 6.92 Å². The van der Waals surface area contributed by atoms with Crippen molar-refractivity contribution in [3.8, 4) is 0 Å². The minimum absolute atomic E-state index is 0.107. The Morgan fingerprint density at radius 1 is 1.38 bits per heavy atom. The fraction of sp³-hybridized carbons (Fsp3) is 0.500. The van der Waals surface area contributed by atoms with E-state index in [1.54, 1.807) is 19.6 Å². The minimum Gasteiger partial charge on any atom is -0.333 e. The van der Waals surface area contributed by atoms with Crippen LogP contribution in [0.2, 0.25) is 0 Å². The largest absolute Gasteiger partial charge is 0.345 e. The molecule has 0 saturated carbocycles. The maximum absolute atomic E-state index is 11.6. The van der Waals surface area contributed by atoms with Crippen molar-refractivity contribution in [3.05, 3.63) is 35.0 Å². The van der Waals surface area contributed by atoms with Crippen LogP contribution in [0, 0.1) is 0 Å². The molecule has 0 N–H and O–H groups in total. The average molecular weight is 221 g/mol. The number of rotatable bonds is 4. The van der Waals surface area contributed by atoms with Crippen LogP contribution < -0.4 is 5.69 Å². The Kier molecular flexibility index (Phi) is 2.89. The van der Waals surface area contributed by atoms with Crippen molar-refractivity contribution >= 4 is 0 Å². The van der Waals surface area contributed by atoms with Crippen LogP contribution in [-0.2, 0) is 20.1 Å². The number of aromatic nitrogens is 5. The molecule has 0 aliphatic carbocycles. The van der Waals surface area contributed by atoms with Gasteiger partial charge in [0.05, 0.1) is 24.8 Å². The van der Waals surface area contributed by atoms with Crippen molar-refractivity contribution in [1.29, 1.82) is 0 Å². The predicted octanol–water partition coefficient (Wildman–Crippen LogP) is 0.237. The molecular formula is C10H15N5O. The van der Waals surface area contributed by atoms with Crippen molar-refractivity contribution in [2.24, 2.45) is 7.05 Å². The van der Waals surface area contributed by atoms with E-state index in [2.05, 4.69) is 17.0 Å². The van der Waals surface area contributed by atoms with Gasteiger partial charge >= 0.3 is 5.69 Å². The molecule has 2 aromatic rings. The molecule has 0 aliphatic heterocycles. The Hall–Kier alpha value is -1.85. The zero-order valence-electron chi connectivity index (χ0n) is 9.50. The van der Waals surface area contributed by atoms with Crippen LogP contribution in [0.15, 0.2) is 23.6 Å². The van der Waals surface area contributed by atoms with Gasteiger partial charge in [-0.25, -0.2) is 14.5 Å². The zero-order valence-corrected chi connectivity index (χ0v) is 9.50. The Morgan fingerprint density at radius 2 is 2.19 bits per heavy atom. The second-order valence-corrected chi connectivity index (χ2v) is 3.76. The molecule has 0 fully saturated rings. The minimum atomic E-state index is -0.107. The number of hydrogen-bond donors (Lipinski definition) is 0. The first kappa shape index (κ1) is 10.7. The molecule has 86 valence electrons. The van der Waals surface area contributed by atoms with E-state index in [9.17, 15) is 4.79 Å². The van der Waals surface area contributed by atoms with Gasteiger partial charge in [-0.05, 0) is 6.42 Å². The zero-order chi connectivity index (χ0) is 11.5. The third-order valence-electron chi connectivity index (χ3n) is 2.46. The highest BCUT2D eigenvalue weighted by Gasteiger charge is 2.06. The first-order chi connectivity index (χ1) is 7.72. The number of aryl methyl sites for hydroxylation is 2. The standard InChI is InChI=1S/C10H15N5O/c1-3-4-14-7-11-5-9(14)6-15-10(16)13(2)8-12-15/h5,7-8H,3-4,6H2,1-2H3. The fourth-order valence-electron chi connectivity index (χ4n) is 1.60. The van der Waals surface area contributed by atoms with E-state index in [1.807, 2.05) is 4.57 Å². The summed E-state index contributed by atoms with van der Waals surface area (Å²) in [5.41, 5.74) is 0.895. The molecule has 0 unspecified atom stereocenters. The third-order valence-corrected chi connectivity index (χ3v) is 2.46. The van der Waals surface area contributed by atoms with E-state index in [0.29, 0.717) is 6.54 Å². The molecule has 6 nitrogen and oxygen atoms in total. The normalized spacial score (nSPS) is 10.9. The smallest absolute Gasteiger partial charge is 0.333 e. The monoisotopic (exact) mass is 221 g/mol. The molecular weight excluding hydrogens is 206 g/mol. The molecule has 0 bridgehead atoms. The lowest BCUT2D eigenvalue weighted by atomic mass is 10.4. The molecule has 2 heterocycles. The summed E-state index contributed by atoms with van der Waals surface area (Å²) in [6.45, 7) is 3.49. The lowest BCUT2D eigenvalue weighted by molar-refractivity contribution is 0.581. The van der Waals surface area contributed by atoms with Gasteiger partial charge in [0.15, 0.2) is 0 Å². The number of hydrogen-bond acceptors (Lipinski definition) is 3. The Balaban J connectivity index is 2.23. The summed E-state index contributed by atoms with van der Waals surface area (Å²) < 4.78 is 4.94. The van der Waals surface area contributed by atoms with E-state index < -0.39 is 0 Å². The van der Waals surface area contributed by atoms with E-state index in [-0.39, 0.29) is 5.69 Å². The molecule has 0 radical (unpaired) electrons. The van der Waals surface area contributed by atoms with Gasteiger partial charge in [-0.15, -0.1) is 0 Å². The quantitative estimate of drug-likeness (QED) is 0.743. The Bertz CT molecular complexity index is 521. The maximum atomic E-state index is 11.6. The Labute approximate surface area is 93.2 Å². The van der Waals surface area contributed by atoms with Crippen LogP contribution in [-0.4, -0.2) is 23.9 Å². The number of imidazole rings is 1. The second kappa shape index (κ2) is 4.34. The lowest BCUT2D eigenvalue weighted by Gasteiger charge is -2.05. The Morgan fingerprint density at radius 3 is 2.81 bits per heavy atom. The number of nitrogens with zero attached hydrogens (tertiary/aromatic N) is 5. The molecule has 0 aromatic carbocycles. The summed E-state index contributed by atoms with van der Waals surface area (Å²) in [6.07, 6.45) is 6.12. The fourth-order valence-corrected chi connectivity index (χ4v) is 1.60. The SMILES string of the molecule is CCCn1cncc1Cn1ncn(C)c1=O. The van der Waals surface area contributed by atoms with E-state index in [0.717, 1.165) is 18.7 Å². The van der Waals surface area contributed by atoms with E-state index >= 15 is 0 Å². The third kappa shape index (κ3) is 1.91. The summed E-state index contributed by atoms with van der Waals surface area (Å²) in [6, 6.07) is 0. The highest BCUT2D eigenvalue weighted by Crippen LogP contribution is 2.01. The van der Waals surface area contributed by atoms with E-state index in [4.69, 9.17) is 0 Å². The summed E-state index contributed by atoms with van der Waals surface area (Å²) in [7, 11) is 1.69. The van der Waals surface area contributed by atoms with Crippen molar-refractivity contribution in [2.45, 2.75) is 26.4 Å². The topological polar surface area (TPSA) is 57.6 Å². The summed E-state index contributed by atoms with van der Waals surface area (Å²) in [5.74, 6) is 0. The summed E-state index contributed by atoms with van der Waals surface area (Å²) in [4.78, 5) is 15.7. The van der Waals surface area contributed by atoms with E-state index in [1.165, 1.54) is 15.6 Å². The van der Waals surface area contributed by atoms with Crippen molar-refractivity contribution in [3.63, 3.8) is 0 Å². The van der Waals surface area contributed by atoms with Crippen molar-refractivity contribution < 1.29 is 0 Å². The molecule has 0 aliphatic rings. The van der Waals surface area contributed by atoms with Gasteiger partial charge in [0.1, 0.15) is 6.33 Å². The summed E-state index contributed by atoms with van der Waals surface area (Å²) in [5, 5.41) is 4.02. The van der Waals surface area contributed by atoms with Gasteiger partial charge in [0, 0.05) is 13.6 Å². The molecule has 0 amide bonds. The van der Waals surface area contributed by atoms with Crippen LogP contribution in [0.25, 0.3) is 0 Å². The first-order valence-corrected chi connectivity index (χ1v) is 5.29. The first-order valence-electron chi connectivity index (χ1n) is 5.29. The molecule has 0 saturated heterocycles. The van der Waals surface area contributed by atoms with Gasteiger partial charge < -0.3 is 4.57 Å². The predicted molar refractivity (Wildman–Crippen MR) is 59.1 cm³/mol. The lowest BCUT2D eigenvalue weighted by Crippen LogP contribution is -2.24. The van der Waals surface area contributed by atoms with Crippen LogP contribution in [0.3, 0.4) is 0 Å². The van der Waals surface area contributed by atoms with Crippen molar-refractivity contribution in [1.82, 2.24) is 23.9 Å². The highest BCUT2D eigenvalue weighted by molar-refractivity contribution is 4.98. The van der Waals surface area contributed by atoms with Gasteiger partial charge in [-0.3, -0.25) is 4.57 Å². The van der Waals surface area contributed by atoms with Crippen LogP contribution in [0.1, 0.15) is 19.0 Å². The molecule has 16 heavy (non-hydrogen) atoms. The van der Waals surface area contributed by atoms with Crippen molar-refractivity contribution in [2.75, 3.05) is 0 Å². The molecule has 0 atom stereocenters. The molecule has 2 aromatic heterocycles. The summed E-state index contributed by atoms with van der Waals surface area (Å²) >= 11 is 0. The van der Waals surface area contributed by atoms with Gasteiger partial charge in [-0.2, -0.15) is 5.10 Å². The van der Waals surface area contributed by atoms with Crippen LogP contribution in [0.5, 0.6) is 0 Å². The van der Waals surface area contributed by atoms with Gasteiger partial charge in [0.2, 0.25) is 0 Å². The second-order valence-electron chi connectivity index (χ2n) is 3.76. The van der Waals surface area contributed by atoms with Gasteiger partial charge in [0.25, 0.3) is 0 Å².